The van der Waals surface area contributed by atoms with Gasteiger partial charge in [0.2, 0.25) is 0 Å². The maximum absolute atomic E-state index is 6.52. The first-order chi connectivity index (χ1) is 21.1. The van der Waals surface area contributed by atoms with Gasteiger partial charge in [-0.25, -0.2) is 0 Å². The molecule has 2 heterocycles. The largest absolute Gasteiger partial charge is 0.195 e. The molecule has 0 aromatic heterocycles. The number of aryl methyl sites for hydroxylation is 4. The summed E-state index contributed by atoms with van der Waals surface area (Å²) in [5.74, 6) is 0. The van der Waals surface area contributed by atoms with Gasteiger partial charge < -0.3 is 0 Å². The maximum atomic E-state index is 6.52. The monoisotopic (exact) mass is 604 g/mol. The van der Waals surface area contributed by atoms with Gasteiger partial charge in [0, 0.05) is 14.8 Å². The zero-order chi connectivity index (χ0) is 30.3. The van der Waals surface area contributed by atoms with Gasteiger partial charge in [-0.15, -0.1) is 0 Å². The van der Waals surface area contributed by atoms with Crippen molar-refractivity contribution in [1.29, 1.82) is 0 Å². The molecule has 0 N–H and O–H groups in total. The van der Waals surface area contributed by atoms with Crippen LogP contribution in [0.2, 0.25) is 5.02 Å². The number of hydrogen-bond acceptors (Lipinski definition) is 1. The minimum absolute atomic E-state index is 0.0888. The zero-order valence-electron chi connectivity index (χ0n) is 26.5. The Balaban J connectivity index is 1.13. The van der Waals surface area contributed by atoms with E-state index in [4.69, 9.17) is 11.6 Å². The third-order valence-corrected chi connectivity index (χ3v) is 12.1. The van der Waals surface area contributed by atoms with Crippen molar-refractivity contribution in [2.45, 2.75) is 63.7 Å². The first kappa shape index (κ1) is 28.4. The maximum Gasteiger partial charge on any atom is 0.195 e. The molecule has 0 saturated carbocycles. The van der Waals surface area contributed by atoms with Gasteiger partial charge in [0.15, 0.2) is 21.8 Å². The van der Waals surface area contributed by atoms with Crippen LogP contribution in [0.15, 0.2) is 70.5 Å². The number of halogens is 1. The Bertz CT molecular complexity index is 2180. The van der Waals surface area contributed by atoms with E-state index in [0.29, 0.717) is 0 Å². The molecule has 0 saturated heterocycles. The molecule has 0 fully saturated rings. The Morgan fingerprint density at radius 1 is 0.659 bits per heavy atom. The van der Waals surface area contributed by atoms with Crippen LogP contribution in [0.4, 0.5) is 0 Å². The van der Waals surface area contributed by atoms with Gasteiger partial charge in [0.05, 0.1) is 0 Å². The third kappa shape index (κ3) is 4.90. The molecule has 0 bridgehead atoms. The molecule has 0 radical (unpaired) electrons. The van der Waals surface area contributed by atoms with Gasteiger partial charge in [0.25, 0.3) is 0 Å². The minimum Gasteiger partial charge on any atom is -0.0912 e. The van der Waals surface area contributed by atoms with Crippen molar-refractivity contribution in [2.24, 2.45) is 5.41 Å². The summed E-state index contributed by atoms with van der Waals surface area (Å²) in [7, 11) is 3.00. The highest BCUT2D eigenvalue weighted by atomic mass is 35.5. The van der Waals surface area contributed by atoms with Crippen LogP contribution in [0.5, 0.6) is 0 Å². The van der Waals surface area contributed by atoms with Crippen LogP contribution in [-0.2, 0) is 12.8 Å². The standard InChI is InChI=1S/C39H36B3ClS/c1-6-24-12-26-15-31-32(41-33-18-36(43)23(4)10-30(33)40-31)16-27(26)13-28(24)19-39(5)8-7-25-14-35-38(17-29(25)20-39)44-37-11-22(3)21(2)9-34(37)42-35/h7,9-18,20,40-42H,6,8,19H2,1-5H3. The SMILES string of the molecule is CCc1cc2cc3c(cc2cc1CC1(C)C=c2cc4c(cc2=CC1)Bc1cc(C)c(C)cc1S4)Bc1cc(Cl)c(C)cc1B3. The average molecular weight is 605 g/mol. The lowest BCUT2D eigenvalue weighted by molar-refractivity contribution is 0.470. The van der Waals surface area contributed by atoms with Gasteiger partial charge in [-0.1, -0.05) is 125 Å². The Kier molecular flexibility index (Phi) is 6.78. The number of benzene rings is 5. The van der Waals surface area contributed by atoms with Crippen molar-refractivity contribution >= 4 is 101 Å². The smallest absolute Gasteiger partial charge is 0.0912 e. The predicted octanol–water partition coefficient (Wildman–Crippen LogP) is 3.13. The summed E-state index contributed by atoms with van der Waals surface area (Å²) >= 11 is 8.48. The summed E-state index contributed by atoms with van der Waals surface area (Å²) in [6.07, 6.45) is 8.27. The first-order valence-corrected chi connectivity index (χ1v) is 17.3. The van der Waals surface area contributed by atoms with E-state index in [1.54, 1.807) is 0 Å². The van der Waals surface area contributed by atoms with Gasteiger partial charge >= 0.3 is 0 Å². The average Bonchev–Trinajstić information content (AvgIpc) is 2.98. The van der Waals surface area contributed by atoms with E-state index in [1.165, 1.54) is 91.6 Å². The van der Waals surface area contributed by atoms with E-state index in [0.717, 1.165) is 46.1 Å². The molecule has 3 aliphatic rings. The van der Waals surface area contributed by atoms with E-state index in [1.807, 2.05) is 11.8 Å². The molecule has 0 nitrogen and oxygen atoms in total. The molecule has 214 valence electrons. The summed E-state index contributed by atoms with van der Waals surface area (Å²) in [6, 6.07) is 24.1. The van der Waals surface area contributed by atoms with Crippen LogP contribution in [0.25, 0.3) is 22.9 Å². The zero-order valence-corrected chi connectivity index (χ0v) is 28.0. The number of fused-ring (bicyclic) bond motifs is 6. The van der Waals surface area contributed by atoms with Crippen molar-refractivity contribution in [3.8, 4) is 0 Å². The molecule has 2 aliphatic heterocycles. The van der Waals surface area contributed by atoms with Gasteiger partial charge in [-0.2, -0.15) is 0 Å². The van der Waals surface area contributed by atoms with E-state index in [-0.39, 0.29) is 5.41 Å². The minimum atomic E-state index is 0.0888. The second-order valence-corrected chi connectivity index (χ2v) is 15.5. The van der Waals surface area contributed by atoms with Gasteiger partial charge in [0.1, 0.15) is 0 Å². The Hall–Kier alpha value is -3.07. The molecule has 5 heteroatoms. The van der Waals surface area contributed by atoms with E-state index in [2.05, 4.69) is 107 Å². The molecule has 8 rings (SSSR count). The Morgan fingerprint density at radius 2 is 1.25 bits per heavy atom. The van der Waals surface area contributed by atoms with Crippen LogP contribution in [-0.4, -0.2) is 21.8 Å². The van der Waals surface area contributed by atoms with Crippen molar-refractivity contribution in [3.05, 3.63) is 104 Å². The van der Waals surface area contributed by atoms with E-state index < -0.39 is 0 Å². The molecule has 44 heavy (non-hydrogen) atoms. The molecule has 0 spiro atoms. The first-order valence-electron chi connectivity index (χ1n) is 16.1. The van der Waals surface area contributed by atoms with E-state index in [9.17, 15) is 0 Å². The van der Waals surface area contributed by atoms with Crippen molar-refractivity contribution < 1.29 is 0 Å². The number of hydrogen-bond donors (Lipinski definition) is 0. The van der Waals surface area contributed by atoms with Crippen LogP contribution in [0.3, 0.4) is 0 Å². The van der Waals surface area contributed by atoms with Gasteiger partial charge in [-0.3, -0.25) is 0 Å². The van der Waals surface area contributed by atoms with Crippen LogP contribution < -0.4 is 43.2 Å². The molecule has 0 amide bonds. The summed E-state index contributed by atoms with van der Waals surface area (Å²) in [4.78, 5) is 2.85. The van der Waals surface area contributed by atoms with E-state index >= 15 is 0 Å². The Morgan fingerprint density at radius 3 is 2.00 bits per heavy atom. The van der Waals surface area contributed by atoms with Gasteiger partial charge in [-0.05, 0) is 113 Å². The lowest BCUT2D eigenvalue weighted by Crippen LogP contribution is -2.56. The summed E-state index contributed by atoms with van der Waals surface area (Å²) in [5.41, 5.74) is 15.7. The molecule has 1 atom stereocenters. The second-order valence-electron chi connectivity index (χ2n) is 14.0. The highest BCUT2D eigenvalue weighted by Gasteiger charge is 2.26. The summed E-state index contributed by atoms with van der Waals surface area (Å²) in [5, 5.41) is 6.44. The van der Waals surface area contributed by atoms with Crippen LogP contribution in [0.1, 0.15) is 48.1 Å². The number of rotatable bonds is 3. The summed E-state index contributed by atoms with van der Waals surface area (Å²) < 4.78 is 0. The van der Waals surface area contributed by atoms with Crippen LogP contribution in [0, 0.1) is 26.2 Å². The quantitative estimate of drug-likeness (QED) is 0.280. The molecule has 5 aromatic carbocycles. The molecule has 1 aliphatic carbocycles. The Labute approximate surface area is 272 Å². The molecule has 1 unspecified atom stereocenters. The molecular weight excluding hydrogens is 568 g/mol. The molecular formula is C39H36B3ClS. The lowest BCUT2D eigenvalue weighted by Gasteiger charge is -2.29. The fraction of sp³-hybridized carbons (Fsp3) is 0.231. The van der Waals surface area contributed by atoms with Crippen LogP contribution >= 0.6 is 23.4 Å². The molecule has 5 aromatic rings. The highest BCUT2D eigenvalue weighted by Crippen LogP contribution is 2.34. The fourth-order valence-electron chi connectivity index (χ4n) is 7.82. The second kappa shape index (κ2) is 10.5. The third-order valence-electron chi connectivity index (χ3n) is 10.5. The van der Waals surface area contributed by atoms with Crippen molar-refractivity contribution in [2.75, 3.05) is 0 Å². The lowest BCUT2D eigenvalue weighted by atomic mass is 9.43. The topological polar surface area (TPSA) is 0 Å². The van der Waals surface area contributed by atoms with Crippen molar-refractivity contribution in [3.63, 3.8) is 0 Å². The summed E-state index contributed by atoms with van der Waals surface area (Å²) in [6.45, 7) is 11.3. The normalized spacial score (nSPS) is 17.4. The fourth-order valence-corrected chi connectivity index (χ4v) is 9.19. The predicted molar refractivity (Wildman–Crippen MR) is 200 cm³/mol. The highest BCUT2D eigenvalue weighted by molar-refractivity contribution is 8.00. The van der Waals surface area contributed by atoms with Crippen molar-refractivity contribution in [1.82, 2.24) is 0 Å².